The molecule has 0 unspecified atom stereocenters. The van der Waals surface area contributed by atoms with Crippen LogP contribution in [0.15, 0.2) is 0 Å². The quantitative estimate of drug-likeness (QED) is 0.241. The molecule has 0 heterocycles. The number of carbonyl (C=O) groups excluding carboxylic acids is 3. The van der Waals surface area contributed by atoms with Gasteiger partial charge < -0.3 is 32.3 Å². The molecule has 0 aromatic heterocycles. The second-order valence-corrected chi connectivity index (χ2v) is 4.38. The summed E-state index contributed by atoms with van der Waals surface area (Å²) in [4.78, 5) is 55.0. The highest BCUT2D eigenvalue weighted by atomic mass is 16.4. The van der Waals surface area contributed by atoms with Crippen molar-refractivity contribution in [3.05, 3.63) is 0 Å². The molecule has 0 aliphatic carbocycles. The normalized spacial score (nSPS) is 12.8. The van der Waals surface area contributed by atoms with Crippen LogP contribution in [0.4, 0.5) is 0 Å². The lowest BCUT2D eigenvalue weighted by Crippen LogP contribution is -2.53. The van der Waals surface area contributed by atoms with Crippen LogP contribution in [0, 0.1) is 0 Å². The van der Waals surface area contributed by atoms with Crippen LogP contribution in [0.5, 0.6) is 0 Å². The largest absolute Gasteiger partial charge is 0.481 e. The smallest absolute Gasteiger partial charge is 0.322 e. The van der Waals surface area contributed by atoms with E-state index in [0.29, 0.717) is 0 Å². The molecule has 0 bridgehead atoms. The monoisotopic (exact) mass is 318 g/mol. The number of carboxylic acid groups (broad SMARTS) is 2. The van der Waals surface area contributed by atoms with E-state index in [1.807, 2.05) is 5.32 Å². The molecule has 2 atom stereocenters. The molecule has 11 nitrogen and oxygen atoms in total. The highest BCUT2D eigenvalue weighted by Gasteiger charge is 2.26. The molecule has 0 aliphatic heterocycles. The summed E-state index contributed by atoms with van der Waals surface area (Å²) in [6, 6.07) is -2.64. The van der Waals surface area contributed by atoms with Crippen LogP contribution in [0.25, 0.3) is 0 Å². The summed E-state index contributed by atoms with van der Waals surface area (Å²) in [7, 11) is 0. The van der Waals surface area contributed by atoms with Crippen LogP contribution in [-0.2, 0) is 24.0 Å². The van der Waals surface area contributed by atoms with Crippen molar-refractivity contribution in [2.24, 2.45) is 11.5 Å². The van der Waals surface area contributed by atoms with Gasteiger partial charge in [-0.05, 0) is 6.42 Å². The molecule has 8 N–H and O–H groups in total. The molecule has 0 aliphatic rings. The second kappa shape index (κ2) is 9.28. The fraction of sp³-hybridized carbons (Fsp3) is 0.545. The Kier molecular flexibility index (Phi) is 8.15. The second-order valence-electron chi connectivity index (χ2n) is 4.38. The Labute approximate surface area is 125 Å². The van der Waals surface area contributed by atoms with E-state index >= 15 is 0 Å². The topological polar surface area (TPSA) is 202 Å². The number of nitrogens with two attached hydrogens (primary N) is 2. The molecule has 3 amide bonds. The third-order valence-corrected chi connectivity index (χ3v) is 2.46. The maximum Gasteiger partial charge on any atom is 0.322 e. The van der Waals surface area contributed by atoms with Crippen LogP contribution in [0.1, 0.15) is 19.3 Å². The molecule has 0 spiro atoms. The van der Waals surface area contributed by atoms with E-state index in [0.717, 1.165) is 0 Å². The molecule has 0 saturated carbocycles. The summed E-state index contributed by atoms with van der Waals surface area (Å²) in [6.45, 7) is -0.724. The molecule has 0 aromatic rings. The zero-order valence-corrected chi connectivity index (χ0v) is 11.6. The first-order chi connectivity index (χ1) is 10.1. The number of primary amides is 1. The fourth-order valence-electron chi connectivity index (χ4n) is 1.38. The first-order valence-corrected chi connectivity index (χ1v) is 6.19. The average molecular weight is 318 g/mol. The minimum absolute atomic E-state index is 0.0717. The lowest BCUT2D eigenvalue weighted by molar-refractivity contribution is -0.141. The maximum absolute atomic E-state index is 11.7. The van der Waals surface area contributed by atoms with Crippen molar-refractivity contribution in [3.8, 4) is 0 Å². The van der Waals surface area contributed by atoms with Gasteiger partial charge in [-0.1, -0.05) is 0 Å². The Morgan fingerprint density at radius 3 is 2.05 bits per heavy atom. The molecule has 124 valence electrons. The lowest BCUT2D eigenvalue weighted by Gasteiger charge is -2.18. The van der Waals surface area contributed by atoms with Gasteiger partial charge in [-0.3, -0.25) is 24.0 Å². The van der Waals surface area contributed by atoms with E-state index in [9.17, 15) is 24.0 Å². The van der Waals surface area contributed by atoms with Crippen LogP contribution in [0.2, 0.25) is 0 Å². The predicted molar refractivity (Wildman–Crippen MR) is 71.2 cm³/mol. The lowest BCUT2D eigenvalue weighted by atomic mass is 10.1. The third kappa shape index (κ3) is 8.47. The standard InChI is InChI=1S/C11H18N4O7/c12-5(1-2-7(13)16)10(21)15-6(3-8(17)18)11(22)14-4-9(19)20/h5-6H,1-4,12H2,(H2,13,16)(H,14,22)(H,15,21)(H,17,18)(H,19,20)/t5-,6-/m0/s1. The highest BCUT2D eigenvalue weighted by molar-refractivity contribution is 5.93. The summed E-state index contributed by atoms with van der Waals surface area (Å²) in [6.07, 6.45) is -0.971. The summed E-state index contributed by atoms with van der Waals surface area (Å²) < 4.78 is 0. The van der Waals surface area contributed by atoms with Gasteiger partial charge in [0.1, 0.15) is 12.6 Å². The zero-order valence-electron chi connectivity index (χ0n) is 11.6. The number of nitrogens with one attached hydrogen (secondary N) is 2. The van der Waals surface area contributed by atoms with Gasteiger partial charge in [-0.25, -0.2) is 0 Å². The molecule has 22 heavy (non-hydrogen) atoms. The maximum atomic E-state index is 11.7. The number of carbonyl (C=O) groups is 5. The number of hydrogen-bond donors (Lipinski definition) is 6. The summed E-state index contributed by atoms with van der Waals surface area (Å²) in [5, 5.41) is 21.2. The predicted octanol–water partition coefficient (Wildman–Crippen LogP) is -3.26. The van der Waals surface area contributed by atoms with Gasteiger partial charge in [-0.15, -0.1) is 0 Å². The van der Waals surface area contributed by atoms with E-state index in [1.165, 1.54) is 0 Å². The van der Waals surface area contributed by atoms with Crippen LogP contribution in [0.3, 0.4) is 0 Å². The van der Waals surface area contributed by atoms with Gasteiger partial charge in [0.15, 0.2) is 0 Å². The van der Waals surface area contributed by atoms with Crippen molar-refractivity contribution in [2.75, 3.05) is 6.54 Å². The minimum Gasteiger partial charge on any atom is -0.481 e. The Hall–Kier alpha value is -2.69. The van der Waals surface area contributed by atoms with Gasteiger partial charge in [0, 0.05) is 6.42 Å². The summed E-state index contributed by atoms with van der Waals surface area (Å²) >= 11 is 0. The van der Waals surface area contributed by atoms with Crippen molar-refractivity contribution in [2.45, 2.75) is 31.3 Å². The van der Waals surface area contributed by atoms with Gasteiger partial charge in [-0.2, -0.15) is 0 Å². The number of hydrogen-bond acceptors (Lipinski definition) is 6. The first-order valence-electron chi connectivity index (χ1n) is 6.19. The van der Waals surface area contributed by atoms with Gasteiger partial charge in [0.25, 0.3) is 0 Å². The van der Waals surface area contributed by atoms with Crippen molar-refractivity contribution >= 4 is 29.7 Å². The summed E-state index contributed by atoms with van der Waals surface area (Å²) in [5.41, 5.74) is 10.4. The molecule has 0 rings (SSSR count). The zero-order chi connectivity index (χ0) is 17.3. The summed E-state index contributed by atoms with van der Waals surface area (Å²) in [5.74, 6) is -5.18. The Bertz CT molecular complexity index is 465. The Morgan fingerprint density at radius 2 is 1.59 bits per heavy atom. The van der Waals surface area contributed by atoms with E-state index in [2.05, 4.69) is 5.32 Å². The van der Waals surface area contributed by atoms with Crippen molar-refractivity contribution in [3.63, 3.8) is 0 Å². The molecule has 0 fully saturated rings. The van der Waals surface area contributed by atoms with Crippen LogP contribution in [-0.4, -0.2) is 58.5 Å². The molecular formula is C11H18N4O7. The minimum atomic E-state index is -1.48. The van der Waals surface area contributed by atoms with Crippen molar-refractivity contribution in [1.29, 1.82) is 0 Å². The van der Waals surface area contributed by atoms with E-state index < -0.39 is 54.7 Å². The number of aliphatic carboxylic acids is 2. The van der Waals surface area contributed by atoms with E-state index in [4.69, 9.17) is 21.7 Å². The van der Waals surface area contributed by atoms with Gasteiger partial charge in [0.2, 0.25) is 17.7 Å². The van der Waals surface area contributed by atoms with Crippen molar-refractivity contribution in [1.82, 2.24) is 10.6 Å². The number of rotatable bonds is 10. The SMILES string of the molecule is NC(=O)CC[C@H](N)C(=O)N[C@@H](CC(=O)O)C(=O)NCC(=O)O. The number of amides is 3. The Morgan fingerprint density at radius 1 is 1.00 bits per heavy atom. The van der Waals surface area contributed by atoms with E-state index in [-0.39, 0.29) is 12.8 Å². The van der Waals surface area contributed by atoms with Crippen LogP contribution < -0.4 is 22.1 Å². The molecular weight excluding hydrogens is 300 g/mol. The fourth-order valence-corrected chi connectivity index (χ4v) is 1.38. The average Bonchev–Trinajstić information content (AvgIpc) is 2.40. The van der Waals surface area contributed by atoms with E-state index in [1.54, 1.807) is 0 Å². The van der Waals surface area contributed by atoms with Gasteiger partial charge >= 0.3 is 11.9 Å². The molecule has 0 aromatic carbocycles. The van der Waals surface area contributed by atoms with Crippen molar-refractivity contribution < 1.29 is 34.2 Å². The van der Waals surface area contributed by atoms with Crippen LogP contribution >= 0.6 is 0 Å². The number of carboxylic acids is 2. The Balaban J connectivity index is 4.65. The molecule has 11 heteroatoms. The highest BCUT2D eigenvalue weighted by Crippen LogP contribution is 1.98. The molecule has 0 saturated heterocycles. The van der Waals surface area contributed by atoms with Gasteiger partial charge in [0.05, 0.1) is 12.5 Å². The first kappa shape index (κ1) is 19.3. The molecule has 0 radical (unpaired) electrons. The third-order valence-electron chi connectivity index (χ3n) is 2.46.